The van der Waals surface area contributed by atoms with E-state index in [1.54, 1.807) is 61.4 Å². The molecule has 0 aliphatic rings. The molecule has 0 saturated carbocycles. The fraction of sp³-hybridized carbons (Fsp3) is 0.0811. The molecular weight excluding hydrogens is 657 g/mol. The van der Waals surface area contributed by atoms with E-state index in [9.17, 15) is 10.2 Å². The second-order valence-corrected chi connectivity index (χ2v) is 13.4. The van der Waals surface area contributed by atoms with Gasteiger partial charge in [0.15, 0.2) is 10.0 Å². The summed E-state index contributed by atoms with van der Waals surface area (Å²) in [4.78, 5) is 8.91. The molecule has 0 saturated heterocycles. The SMILES string of the molecule is Cc1coc2c(-c3nnc(/N=C/c4ccccc4O)s3)cc(Cc3cc(-c4nnc(/N=C/c5ccccc5O)s4)c4occ(C)c4c3)cc12. The van der Waals surface area contributed by atoms with E-state index in [0.717, 1.165) is 55.3 Å². The number of aryl methyl sites for hydroxylation is 2. The van der Waals surface area contributed by atoms with Crippen LogP contribution in [-0.4, -0.2) is 43.0 Å². The van der Waals surface area contributed by atoms with E-state index in [1.807, 2.05) is 26.0 Å². The van der Waals surface area contributed by atoms with Crippen LogP contribution in [-0.2, 0) is 6.42 Å². The number of fused-ring (bicyclic) bond motifs is 2. The zero-order valence-corrected chi connectivity index (χ0v) is 27.8. The van der Waals surface area contributed by atoms with Gasteiger partial charge in [-0.3, -0.25) is 0 Å². The van der Waals surface area contributed by atoms with Gasteiger partial charge in [0.05, 0.1) is 23.7 Å². The molecule has 49 heavy (non-hydrogen) atoms. The van der Waals surface area contributed by atoms with Crippen molar-refractivity contribution in [2.24, 2.45) is 9.98 Å². The van der Waals surface area contributed by atoms with E-state index in [0.29, 0.717) is 37.8 Å². The lowest BCUT2D eigenvalue weighted by molar-refractivity contribution is 0.474. The number of aromatic hydroxyl groups is 2. The predicted molar refractivity (Wildman–Crippen MR) is 193 cm³/mol. The summed E-state index contributed by atoms with van der Waals surface area (Å²) < 4.78 is 12.0. The monoisotopic (exact) mass is 682 g/mol. The molecule has 8 rings (SSSR count). The molecule has 0 radical (unpaired) electrons. The van der Waals surface area contributed by atoms with Crippen molar-refractivity contribution in [2.45, 2.75) is 20.3 Å². The molecule has 0 fully saturated rings. The Morgan fingerprint density at radius 2 is 1.08 bits per heavy atom. The average molecular weight is 683 g/mol. The number of hydrogen-bond donors (Lipinski definition) is 2. The first kappa shape index (κ1) is 30.4. The molecule has 4 heterocycles. The van der Waals surface area contributed by atoms with Crippen molar-refractivity contribution >= 4 is 67.3 Å². The number of phenols is 2. The molecule has 240 valence electrons. The van der Waals surface area contributed by atoms with Gasteiger partial charge in [-0.1, -0.05) is 46.9 Å². The first-order valence-electron chi connectivity index (χ1n) is 15.2. The molecule has 0 aliphatic carbocycles. The highest BCUT2D eigenvalue weighted by Gasteiger charge is 2.19. The van der Waals surface area contributed by atoms with E-state index < -0.39 is 0 Å². The summed E-state index contributed by atoms with van der Waals surface area (Å²) in [5, 5.41) is 42.0. The molecule has 10 nitrogen and oxygen atoms in total. The maximum absolute atomic E-state index is 10.1. The number of phenolic OH excluding ortho intramolecular Hbond substituents is 2. The summed E-state index contributed by atoms with van der Waals surface area (Å²) in [5.41, 5.74) is 8.51. The van der Waals surface area contributed by atoms with E-state index in [-0.39, 0.29) is 11.5 Å². The van der Waals surface area contributed by atoms with Gasteiger partial charge in [0.25, 0.3) is 0 Å². The van der Waals surface area contributed by atoms with Crippen molar-refractivity contribution in [3.05, 3.63) is 119 Å². The van der Waals surface area contributed by atoms with Crippen LogP contribution in [0, 0.1) is 13.8 Å². The molecule has 12 heteroatoms. The van der Waals surface area contributed by atoms with Crippen molar-refractivity contribution in [1.29, 1.82) is 0 Å². The van der Waals surface area contributed by atoms with Crippen LogP contribution in [0.2, 0.25) is 0 Å². The smallest absolute Gasteiger partial charge is 0.231 e. The highest BCUT2D eigenvalue weighted by atomic mass is 32.1. The van der Waals surface area contributed by atoms with E-state index in [1.165, 1.54) is 22.7 Å². The fourth-order valence-corrected chi connectivity index (χ4v) is 7.00. The highest BCUT2D eigenvalue weighted by molar-refractivity contribution is 7.18. The highest BCUT2D eigenvalue weighted by Crippen LogP contribution is 2.39. The van der Waals surface area contributed by atoms with Crippen LogP contribution in [0.15, 0.2) is 104 Å². The van der Waals surface area contributed by atoms with Crippen LogP contribution in [0.25, 0.3) is 43.1 Å². The number of hydrogen-bond acceptors (Lipinski definition) is 12. The Morgan fingerprint density at radius 3 is 1.53 bits per heavy atom. The van der Waals surface area contributed by atoms with E-state index in [2.05, 4.69) is 54.6 Å². The number of para-hydroxylation sites is 2. The van der Waals surface area contributed by atoms with Crippen molar-refractivity contribution in [2.75, 3.05) is 0 Å². The standard InChI is InChI=1S/C37H26N6O4S2/c1-20-18-46-32-26(20)12-22(14-28(32)34-40-42-36(48-34)38-16-24-7-3-5-9-30(24)44)11-23-13-27-21(2)19-47-33(27)29(15-23)35-41-43-37(49-35)39-17-25-8-4-6-10-31(25)45/h3-10,12-19,44-45H,11H2,1-2H3/b38-16+,39-17+. The van der Waals surface area contributed by atoms with E-state index in [4.69, 9.17) is 8.83 Å². The lowest BCUT2D eigenvalue weighted by Gasteiger charge is -2.08. The summed E-state index contributed by atoms with van der Waals surface area (Å²) in [6.07, 6.45) is 7.29. The van der Waals surface area contributed by atoms with Crippen molar-refractivity contribution in [3.8, 4) is 32.6 Å². The largest absolute Gasteiger partial charge is 0.507 e. The van der Waals surface area contributed by atoms with Crippen molar-refractivity contribution in [3.63, 3.8) is 0 Å². The molecule has 0 unspecified atom stereocenters. The topological polar surface area (TPSA) is 143 Å². The summed E-state index contributed by atoms with van der Waals surface area (Å²) in [7, 11) is 0. The molecule has 2 N–H and O–H groups in total. The van der Waals surface area contributed by atoms with Gasteiger partial charge in [-0.25, -0.2) is 9.98 Å². The third-order valence-corrected chi connectivity index (χ3v) is 9.78. The van der Waals surface area contributed by atoms with Gasteiger partial charge in [-0.05, 0) is 91.1 Å². The zero-order chi connectivity index (χ0) is 33.5. The Hall–Kier alpha value is -5.98. The van der Waals surface area contributed by atoms with Gasteiger partial charge in [-0.15, -0.1) is 20.4 Å². The summed E-state index contributed by atoms with van der Waals surface area (Å²) >= 11 is 2.69. The number of aliphatic imine (C=N–C) groups is 2. The molecule has 0 bridgehead atoms. The van der Waals surface area contributed by atoms with Crippen LogP contribution in [0.4, 0.5) is 10.3 Å². The Morgan fingerprint density at radius 1 is 0.633 bits per heavy atom. The normalized spacial score (nSPS) is 12.0. The first-order chi connectivity index (χ1) is 23.9. The second-order valence-electron chi connectivity index (χ2n) is 11.5. The molecule has 4 aromatic carbocycles. The van der Waals surface area contributed by atoms with Crippen molar-refractivity contribution in [1.82, 2.24) is 20.4 Å². The van der Waals surface area contributed by atoms with Gasteiger partial charge in [0.2, 0.25) is 10.3 Å². The minimum absolute atomic E-state index is 0.146. The minimum Gasteiger partial charge on any atom is -0.507 e. The lowest BCUT2D eigenvalue weighted by atomic mass is 9.97. The number of furan rings is 2. The Kier molecular flexibility index (Phi) is 7.78. The lowest BCUT2D eigenvalue weighted by Crippen LogP contribution is -1.92. The third-order valence-electron chi connectivity index (χ3n) is 8.05. The third kappa shape index (κ3) is 5.99. The Bertz CT molecular complexity index is 2380. The van der Waals surface area contributed by atoms with Crippen LogP contribution >= 0.6 is 22.7 Å². The maximum atomic E-state index is 10.1. The second kappa shape index (κ2) is 12.6. The number of rotatable bonds is 8. The van der Waals surface area contributed by atoms with Crippen LogP contribution < -0.4 is 0 Å². The fourth-order valence-electron chi connectivity index (χ4n) is 5.59. The zero-order valence-electron chi connectivity index (χ0n) is 26.2. The summed E-state index contributed by atoms with van der Waals surface area (Å²) in [6.45, 7) is 4.05. The summed E-state index contributed by atoms with van der Waals surface area (Å²) in [6, 6.07) is 22.5. The van der Waals surface area contributed by atoms with E-state index >= 15 is 0 Å². The Balaban J connectivity index is 1.14. The predicted octanol–water partition coefficient (Wildman–Crippen LogP) is 9.34. The van der Waals surface area contributed by atoms with Gasteiger partial charge < -0.3 is 19.0 Å². The summed E-state index contributed by atoms with van der Waals surface area (Å²) in [5.74, 6) is 0.292. The van der Waals surface area contributed by atoms with Crippen molar-refractivity contribution < 1.29 is 19.0 Å². The van der Waals surface area contributed by atoms with Gasteiger partial charge >= 0.3 is 0 Å². The quantitative estimate of drug-likeness (QED) is 0.151. The van der Waals surface area contributed by atoms with Crippen LogP contribution in [0.3, 0.4) is 0 Å². The number of aromatic nitrogens is 4. The molecule has 4 aromatic heterocycles. The molecule has 0 spiro atoms. The molecule has 8 aromatic rings. The molecular formula is C37H26N6O4S2. The molecule has 0 aliphatic heterocycles. The minimum atomic E-state index is 0.146. The molecule has 0 atom stereocenters. The van der Waals surface area contributed by atoms with Crippen LogP contribution in [0.1, 0.15) is 33.4 Å². The number of benzene rings is 4. The molecule has 0 amide bonds. The average Bonchev–Trinajstić information content (AvgIpc) is 3.92. The van der Waals surface area contributed by atoms with Gasteiger partial charge in [0.1, 0.15) is 22.7 Å². The first-order valence-corrected chi connectivity index (χ1v) is 16.9. The maximum Gasteiger partial charge on any atom is 0.231 e. The Labute approximate surface area is 287 Å². The van der Waals surface area contributed by atoms with Gasteiger partial charge in [0, 0.05) is 34.3 Å². The van der Waals surface area contributed by atoms with Gasteiger partial charge in [-0.2, -0.15) is 0 Å². The number of nitrogens with zero attached hydrogens (tertiary/aromatic N) is 6. The van der Waals surface area contributed by atoms with Crippen LogP contribution in [0.5, 0.6) is 11.5 Å².